The molecule has 0 saturated heterocycles. The molecule has 0 saturated carbocycles. The van der Waals surface area contributed by atoms with Crippen LogP contribution in [0.2, 0.25) is 0 Å². The summed E-state index contributed by atoms with van der Waals surface area (Å²) in [5.41, 5.74) is -1.50. The molecule has 0 atom stereocenters. The van der Waals surface area contributed by atoms with Crippen LogP contribution in [0.25, 0.3) is 0 Å². The lowest BCUT2D eigenvalue weighted by atomic mass is 9.86. The van der Waals surface area contributed by atoms with Crippen molar-refractivity contribution in [3.63, 3.8) is 0 Å². The molecule has 88 valence electrons. The number of halogens is 4. The maximum atomic E-state index is 13.3. The Hall–Kier alpha value is -1.03. The van der Waals surface area contributed by atoms with E-state index in [-0.39, 0.29) is 5.88 Å². The van der Waals surface area contributed by atoms with Gasteiger partial charge in [0.1, 0.15) is 5.82 Å². The third-order valence-corrected chi connectivity index (χ3v) is 2.87. The molecule has 1 aromatic carbocycles. The van der Waals surface area contributed by atoms with Crippen LogP contribution in [0.15, 0.2) is 12.1 Å². The Morgan fingerprint density at radius 2 is 1.69 bits per heavy atom. The lowest BCUT2D eigenvalue weighted by Gasteiger charge is -2.19. The van der Waals surface area contributed by atoms with Crippen molar-refractivity contribution in [3.05, 3.63) is 35.1 Å². The van der Waals surface area contributed by atoms with Gasteiger partial charge in [0.15, 0.2) is 17.4 Å². The Kier molecular flexibility index (Phi) is 3.63. The summed E-state index contributed by atoms with van der Waals surface area (Å²) in [4.78, 5) is 11.8. The Morgan fingerprint density at radius 1 is 1.19 bits per heavy atom. The highest BCUT2D eigenvalue weighted by atomic mass is 35.5. The normalized spacial score (nSPS) is 11.6. The minimum atomic E-state index is -1.32. The molecule has 0 aliphatic rings. The number of carbonyl (C=O) groups is 1. The summed E-state index contributed by atoms with van der Waals surface area (Å²) in [6.07, 6.45) is 0. The van der Waals surface area contributed by atoms with E-state index in [9.17, 15) is 18.0 Å². The van der Waals surface area contributed by atoms with Crippen molar-refractivity contribution in [3.8, 4) is 0 Å². The number of rotatable bonds is 3. The van der Waals surface area contributed by atoms with Crippen LogP contribution in [-0.2, 0) is 0 Å². The van der Waals surface area contributed by atoms with Crippen molar-refractivity contribution in [1.82, 2.24) is 0 Å². The van der Waals surface area contributed by atoms with Gasteiger partial charge in [-0.1, -0.05) is 13.8 Å². The number of alkyl halides is 1. The van der Waals surface area contributed by atoms with E-state index in [2.05, 4.69) is 0 Å². The summed E-state index contributed by atoms with van der Waals surface area (Å²) < 4.78 is 38.8. The van der Waals surface area contributed by atoms with Crippen LogP contribution < -0.4 is 0 Å². The summed E-state index contributed by atoms with van der Waals surface area (Å²) in [6.45, 7) is 3.01. The molecule has 1 aromatic rings. The minimum absolute atomic E-state index is 0.0374. The predicted octanol–water partition coefficient (Wildman–Crippen LogP) is 3.55. The molecular formula is C11H10ClF3O. The zero-order chi connectivity index (χ0) is 12.5. The molecule has 0 aromatic heterocycles. The predicted molar refractivity (Wildman–Crippen MR) is 55.1 cm³/mol. The fourth-order valence-corrected chi connectivity index (χ4v) is 1.24. The zero-order valence-corrected chi connectivity index (χ0v) is 9.54. The number of carbonyl (C=O) groups excluding carboxylic acids is 1. The minimum Gasteiger partial charge on any atom is -0.293 e. The number of benzene rings is 1. The highest BCUT2D eigenvalue weighted by molar-refractivity contribution is 6.21. The topological polar surface area (TPSA) is 17.1 Å². The van der Waals surface area contributed by atoms with Gasteiger partial charge in [-0.3, -0.25) is 4.79 Å². The van der Waals surface area contributed by atoms with E-state index in [1.807, 2.05) is 0 Å². The molecule has 0 radical (unpaired) electrons. The zero-order valence-electron chi connectivity index (χ0n) is 8.78. The van der Waals surface area contributed by atoms with Crippen LogP contribution in [0.4, 0.5) is 13.2 Å². The van der Waals surface area contributed by atoms with Gasteiger partial charge in [-0.05, 0) is 6.07 Å². The Labute approximate surface area is 96.2 Å². The molecule has 0 N–H and O–H groups in total. The monoisotopic (exact) mass is 250 g/mol. The summed E-state index contributed by atoms with van der Waals surface area (Å²) in [7, 11) is 0. The van der Waals surface area contributed by atoms with Crippen molar-refractivity contribution in [2.45, 2.75) is 13.8 Å². The van der Waals surface area contributed by atoms with E-state index >= 15 is 0 Å². The average molecular weight is 251 g/mol. The largest absolute Gasteiger partial charge is 0.293 e. The van der Waals surface area contributed by atoms with Crippen molar-refractivity contribution in [1.29, 1.82) is 0 Å². The first-order valence-electron chi connectivity index (χ1n) is 4.55. The molecule has 0 unspecified atom stereocenters. The van der Waals surface area contributed by atoms with Gasteiger partial charge in [-0.2, -0.15) is 0 Å². The summed E-state index contributed by atoms with van der Waals surface area (Å²) in [5, 5.41) is 0. The summed E-state index contributed by atoms with van der Waals surface area (Å²) in [6, 6.07) is 0.911. The van der Waals surface area contributed by atoms with E-state index in [1.54, 1.807) is 0 Å². The van der Waals surface area contributed by atoms with Crippen LogP contribution in [0, 0.1) is 22.9 Å². The van der Waals surface area contributed by atoms with E-state index in [0.29, 0.717) is 12.1 Å². The van der Waals surface area contributed by atoms with Crippen LogP contribution in [-0.4, -0.2) is 11.7 Å². The van der Waals surface area contributed by atoms with Gasteiger partial charge in [-0.15, -0.1) is 11.6 Å². The van der Waals surface area contributed by atoms with Crippen LogP contribution in [0.3, 0.4) is 0 Å². The fraction of sp³-hybridized carbons (Fsp3) is 0.364. The van der Waals surface area contributed by atoms with Crippen LogP contribution >= 0.6 is 11.6 Å². The molecule has 0 bridgehead atoms. The Balaban J connectivity index is 3.25. The molecule has 0 amide bonds. The van der Waals surface area contributed by atoms with Gasteiger partial charge >= 0.3 is 0 Å². The van der Waals surface area contributed by atoms with Gasteiger partial charge in [0.2, 0.25) is 0 Å². The maximum absolute atomic E-state index is 13.3. The molecule has 0 heterocycles. The SMILES string of the molecule is CC(C)(CCl)C(=O)c1cc(F)c(F)cc1F. The van der Waals surface area contributed by atoms with E-state index < -0.39 is 34.2 Å². The lowest BCUT2D eigenvalue weighted by Crippen LogP contribution is -2.27. The van der Waals surface area contributed by atoms with Crippen molar-refractivity contribution in [2.75, 3.05) is 5.88 Å². The summed E-state index contributed by atoms with van der Waals surface area (Å²) in [5.74, 6) is -4.35. The van der Waals surface area contributed by atoms with E-state index in [0.717, 1.165) is 0 Å². The smallest absolute Gasteiger partial charge is 0.172 e. The van der Waals surface area contributed by atoms with Crippen molar-refractivity contribution in [2.24, 2.45) is 5.41 Å². The second-order valence-electron chi connectivity index (χ2n) is 4.09. The van der Waals surface area contributed by atoms with E-state index in [4.69, 9.17) is 11.6 Å². The van der Waals surface area contributed by atoms with Gasteiger partial charge in [-0.25, -0.2) is 13.2 Å². The Bertz CT molecular complexity index is 429. The van der Waals surface area contributed by atoms with E-state index in [1.165, 1.54) is 13.8 Å². The molecule has 5 heteroatoms. The molecule has 16 heavy (non-hydrogen) atoms. The maximum Gasteiger partial charge on any atom is 0.172 e. The first-order chi connectivity index (χ1) is 7.29. The van der Waals surface area contributed by atoms with Crippen molar-refractivity contribution >= 4 is 17.4 Å². The third-order valence-electron chi connectivity index (χ3n) is 2.20. The molecule has 0 aliphatic heterocycles. The van der Waals surface area contributed by atoms with Crippen molar-refractivity contribution < 1.29 is 18.0 Å². The standard InChI is InChI=1S/C11H10ClF3O/c1-11(2,5-12)10(16)6-3-8(14)9(15)4-7(6)13/h3-4H,5H2,1-2H3. The van der Waals surface area contributed by atoms with Gasteiger partial charge in [0.05, 0.1) is 5.56 Å². The average Bonchev–Trinajstić information content (AvgIpc) is 2.22. The fourth-order valence-electron chi connectivity index (χ4n) is 1.12. The molecular weight excluding hydrogens is 241 g/mol. The molecule has 1 rings (SSSR count). The van der Waals surface area contributed by atoms with Crippen LogP contribution in [0.5, 0.6) is 0 Å². The van der Waals surface area contributed by atoms with Gasteiger partial charge in [0, 0.05) is 17.4 Å². The first-order valence-corrected chi connectivity index (χ1v) is 5.08. The highest BCUT2D eigenvalue weighted by Gasteiger charge is 2.30. The quantitative estimate of drug-likeness (QED) is 0.455. The third kappa shape index (κ3) is 2.38. The van der Waals surface area contributed by atoms with Gasteiger partial charge in [0.25, 0.3) is 0 Å². The molecule has 0 fully saturated rings. The number of Topliss-reactive ketones (excluding diaryl/α,β-unsaturated/α-hetero) is 1. The summed E-state index contributed by atoms with van der Waals surface area (Å²) >= 11 is 5.55. The number of hydrogen-bond donors (Lipinski definition) is 0. The second-order valence-corrected chi connectivity index (χ2v) is 4.36. The molecule has 1 nitrogen and oxygen atoms in total. The Morgan fingerprint density at radius 3 is 2.19 bits per heavy atom. The number of hydrogen-bond acceptors (Lipinski definition) is 1. The molecule has 0 spiro atoms. The van der Waals surface area contributed by atoms with Gasteiger partial charge < -0.3 is 0 Å². The number of ketones is 1. The second kappa shape index (κ2) is 4.45. The van der Waals surface area contributed by atoms with Crippen LogP contribution in [0.1, 0.15) is 24.2 Å². The lowest BCUT2D eigenvalue weighted by molar-refractivity contribution is 0.0857. The molecule has 0 aliphatic carbocycles. The first kappa shape index (κ1) is 13.0. The highest BCUT2D eigenvalue weighted by Crippen LogP contribution is 2.26.